The van der Waals surface area contributed by atoms with Crippen molar-refractivity contribution < 1.29 is 34.2 Å². The third-order valence-corrected chi connectivity index (χ3v) is 8.15. The summed E-state index contributed by atoms with van der Waals surface area (Å²) >= 11 is 0. The van der Waals surface area contributed by atoms with E-state index in [0.29, 0.717) is 0 Å². The minimum absolute atomic E-state index is 0.0307. The van der Waals surface area contributed by atoms with Crippen LogP contribution in [0.5, 0.6) is 0 Å². The van der Waals surface area contributed by atoms with Gasteiger partial charge in [0, 0.05) is 0 Å². The second-order valence-electron chi connectivity index (χ2n) is 10.1. The lowest BCUT2D eigenvalue weighted by Crippen LogP contribution is -2.18. The molecule has 0 aliphatic heterocycles. The second kappa shape index (κ2) is 23.8. The molecule has 0 aromatic carbocycles. The van der Waals surface area contributed by atoms with Gasteiger partial charge < -0.3 is 0 Å². The number of rotatable bonds is 28. The van der Waals surface area contributed by atoms with E-state index in [1.807, 2.05) is 0 Å². The highest BCUT2D eigenvalue weighted by atomic mass is 32.3. The Kier molecular flexibility index (Phi) is 23.7. The third-order valence-electron chi connectivity index (χ3n) is 6.54. The maximum atomic E-state index is 11.4. The Morgan fingerprint density at radius 3 is 1.22 bits per heavy atom. The van der Waals surface area contributed by atoms with Gasteiger partial charge in [0.25, 0.3) is 0 Å². The number of hydrogen-bond acceptors (Lipinski definition) is 7. The van der Waals surface area contributed by atoms with E-state index < -0.39 is 20.8 Å². The Balaban J connectivity index is 4.18. The van der Waals surface area contributed by atoms with Gasteiger partial charge in [-0.1, -0.05) is 150 Å². The van der Waals surface area contributed by atoms with Gasteiger partial charge >= 0.3 is 20.8 Å². The van der Waals surface area contributed by atoms with Crippen LogP contribution in [0.25, 0.3) is 0 Å². The van der Waals surface area contributed by atoms with Crippen molar-refractivity contribution in [1.29, 1.82) is 0 Å². The molecule has 8 nitrogen and oxygen atoms in total. The highest BCUT2D eigenvalue weighted by molar-refractivity contribution is 7.94. The quantitative estimate of drug-likeness (QED) is 0.0441. The fraction of sp³-hybridized carbons (Fsp3) is 1.00. The van der Waals surface area contributed by atoms with Crippen molar-refractivity contribution in [3.8, 4) is 0 Å². The molecule has 0 aliphatic rings. The van der Waals surface area contributed by atoms with Crippen LogP contribution in [0.4, 0.5) is 0 Å². The van der Waals surface area contributed by atoms with Gasteiger partial charge in [0.1, 0.15) is 0 Å². The molecule has 0 aromatic heterocycles. The Labute approximate surface area is 222 Å². The van der Waals surface area contributed by atoms with E-state index in [1.54, 1.807) is 0 Å². The van der Waals surface area contributed by atoms with Crippen molar-refractivity contribution in [3.63, 3.8) is 0 Å². The Bertz CT molecular complexity index is 656. The van der Waals surface area contributed by atoms with Gasteiger partial charge in [-0.3, -0.25) is 4.55 Å². The van der Waals surface area contributed by atoms with Gasteiger partial charge in [0.05, 0.1) is 6.61 Å². The Hall–Kier alpha value is -0.260. The molecule has 0 saturated carbocycles. The summed E-state index contributed by atoms with van der Waals surface area (Å²) in [4.78, 5) is 4.80. The van der Waals surface area contributed by atoms with Crippen LogP contribution in [0.1, 0.15) is 155 Å². The lowest BCUT2D eigenvalue weighted by atomic mass is 9.94. The lowest BCUT2D eigenvalue weighted by Gasteiger charge is -2.16. The van der Waals surface area contributed by atoms with Crippen LogP contribution in [0, 0.1) is 5.92 Å². The zero-order valence-electron chi connectivity index (χ0n) is 23.0. The maximum Gasteiger partial charge on any atom is 0.443 e. The summed E-state index contributed by atoms with van der Waals surface area (Å²) in [7, 11) is -10.2. The molecule has 0 radical (unpaired) electrons. The first kappa shape index (κ1) is 35.7. The average Bonchev–Trinajstić information content (AvgIpc) is 2.79. The van der Waals surface area contributed by atoms with Crippen LogP contribution in [0.15, 0.2) is 0 Å². The molecule has 0 rings (SSSR count). The maximum absolute atomic E-state index is 11.4. The van der Waals surface area contributed by atoms with Gasteiger partial charge in [-0.05, 0) is 18.8 Å². The topological polar surface area (TPSA) is 116 Å². The molecule has 0 unspecified atom stereocenters. The van der Waals surface area contributed by atoms with Gasteiger partial charge in [-0.25, -0.2) is 4.89 Å². The third kappa shape index (κ3) is 26.8. The zero-order valence-corrected chi connectivity index (χ0v) is 24.6. The molecule has 36 heavy (non-hydrogen) atoms. The summed E-state index contributed by atoms with van der Waals surface area (Å²) in [5.74, 6) is 0.119. The average molecular weight is 559 g/mol. The first-order valence-electron chi connectivity index (χ1n) is 14.4. The molecule has 10 heteroatoms. The van der Waals surface area contributed by atoms with Crippen LogP contribution < -0.4 is 0 Å². The van der Waals surface area contributed by atoms with Crippen molar-refractivity contribution in [3.05, 3.63) is 0 Å². The molecule has 0 fully saturated rings. The van der Waals surface area contributed by atoms with Gasteiger partial charge in [-0.2, -0.15) is 16.8 Å². The smallest absolute Gasteiger partial charge is 0.263 e. The minimum Gasteiger partial charge on any atom is -0.263 e. The molecule has 218 valence electrons. The standard InChI is InChI=1S/C26H54O8S2/c1-3-5-7-9-11-13-15-17-19-21-23-26(25-32-33-36(30,31)34-35(27,28)29)24-22-20-18-16-14-12-10-8-6-4-2/h26H,3-25H2,1-2H3,(H,27,28,29). The lowest BCUT2D eigenvalue weighted by molar-refractivity contribution is -0.217. The van der Waals surface area contributed by atoms with Crippen LogP contribution >= 0.6 is 0 Å². The van der Waals surface area contributed by atoms with E-state index in [4.69, 9.17) is 9.44 Å². The first-order valence-corrected chi connectivity index (χ1v) is 17.1. The van der Waals surface area contributed by atoms with Crippen molar-refractivity contribution in [1.82, 2.24) is 0 Å². The van der Waals surface area contributed by atoms with Crippen LogP contribution in [-0.2, 0) is 33.6 Å². The van der Waals surface area contributed by atoms with Crippen molar-refractivity contribution in [2.75, 3.05) is 6.61 Å². The summed E-state index contributed by atoms with van der Waals surface area (Å²) in [6.07, 6.45) is 26.8. The molecule has 0 aliphatic carbocycles. The molecule has 0 amide bonds. The largest absolute Gasteiger partial charge is 0.443 e. The number of hydrogen-bond donors (Lipinski definition) is 1. The van der Waals surface area contributed by atoms with Crippen molar-refractivity contribution in [2.45, 2.75) is 155 Å². The Morgan fingerprint density at radius 1 is 0.556 bits per heavy atom. The summed E-state index contributed by atoms with van der Waals surface area (Å²) in [6, 6.07) is 0. The van der Waals surface area contributed by atoms with Crippen LogP contribution in [-0.4, -0.2) is 28.0 Å². The van der Waals surface area contributed by atoms with E-state index in [0.717, 1.165) is 38.5 Å². The summed E-state index contributed by atoms with van der Waals surface area (Å²) in [6.45, 7) is 4.49. The highest BCUT2D eigenvalue weighted by Crippen LogP contribution is 2.21. The summed E-state index contributed by atoms with van der Waals surface area (Å²) in [5.41, 5.74) is 0. The molecule has 1 N–H and O–H groups in total. The second-order valence-corrected chi connectivity index (χ2v) is 12.4. The molecule has 0 bridgehead atoms. The van der Waals surface area contributed by atoms with Crippen molar-refractivity contribution >= 4 is 20.8 Å². The molecule has 0 heterocycles. The molecule has 0 spiro atoms. The van der Waals surface area contributed by atoms with Crippen molar-refractivity contribution in [2.24, 2.45) is 5.92 Å². The van der Waals surface area contributed by atoms with E-state index in [-0.39, 0.29) is 12.5 Å². The van der Waals surface area contributed by atoms with Gasteiger partial charge in [0.15, 0.2) is 0 Å². The van der Waals surface area contributed by atoms with E-state index in [9.17, 15) is 16.8 Å². The first-order chi connectivity index (χ1) is 17.2. The predicted molar refractivity (Wildman–Crippen MR) is 145 cm³/mol. The SMILES string of the molecule is CCCCCCCCCCCCC(CCCCCCCCCCCC)COOS(=O)(=O)OS(=O)(=O)O. The fourth-order valence-corrected chi connectivity index (χ4v) is 5.56. The number of unbranched alkanes of at least 4 members (excludes halogenated alkanes) is 18. The summed E-state index contributed by atoms with van der Waals surface area (Å²) in [5, 5.41) is 0. The molecular weight excluding hydrogens is 504 g/mol. The minimum atomic E-state index is -5.19. The normalized spacial score (nSPS) is 12.6. The molecule has 0 saturated heterocycles. The fourth-order valence-electron chi connectivity index (χ4n) is 4.45. The van der Waals surface area contributed by atoms with Crippen LogP contribution in [0.3, 0.4) is 0 Å². The monoisotopic (exact) mass is 558 g/mol. The Morgan fingerprint density at radius 2 is 0.889 bits per heavy atom. The molecule has 0 atom stereocenters. The van der Waals surface area contributed by atoms with Crippen LogP contribution in [0.2, 0.25) is 0 Å². The van der Waals surface area contributed by atoms with E-state index in [2.05, 4.69) is 21.8 Å². The predicted octanol–water partition coefficient (Wildman–Crippen LogP) is 8.24. The van der Waals surface area contributed by atoms with E-state index in [1.165, 1.54) is 103 Å². The van der Waals surface area contributed by atoms with Gasteiger partial charge in [-0.15, -0.1) is 0 Å². The van der Waals surface area contributed by atoms with E-state index >= 15 is 0 Å². The summed E-state index contributed by atoms with van der Waals surface area (Å²) < 4.78 is 60.2. The van der Waals surface area contributed by atoms with Gasteiger partial charge in [0.2, 0.25) is 0 Å². The highest BCUT2D eigenvalue weighted by Gasteiger charge is 2.23. The molecule has 0 aromatic rings. The zero-order chi connectivity index (χ0) is 27.0. The molecular formula is C26H54O8S2.